The lowest BCUT2D eigenvalue weighted by Gasteiger charge is -2.28. The number of allylic oxidation sites excluding steroid dienone is 2. The molecule has 0 aromatic heterocycles. The molecule has 0 amide bonds. The Labute approximate surface area is 341 Å². The first kappa shape index (κ1) is 54.2. The standard InChI is InChI=1S/C46H92NO7P/c1-6-8-10-12-14-16-18-20-22-24-25-27-29-31-33-35-37-39-46(48)54-45(44-53-55(49,50)52-42-40-47(3,4)5)43-51-41-38-36-34-32-30-28-26-23-21-19-17-15-13-11-9-7-2/h20,22,45H,6-19,21,23-44H2,1-5H3/b22-20-. The molecule has 0 aliphatic heterocycles. The van der Waals surface area contributed by atoms with Gasteiger partial charge in [-0.1, -0.05) is 187 Å². The van der Waals surface area contributed by atoms with Crippen molar-refractivity contribution in [1.82, 2.24) is 0 Å². The third kappa shape index (κ3) is 44.2. The van der Waals surface area contributed by atoms with Crippen LogP contribution in [0.25, 0.3) is 0 Å². The Hall–Kier alpha value is -0.760. The number of rotatable bonds is 44. The highest BCUT2D eigenvalue weighted by molar-refractivity contribution is 7.45. The Bertz CT molecular complexity index is 894. The zero-order valence-electron chi connectivity index (χ0n) is 37.1. The maximum absolute atomic E-state index is 12.7. The molecule has 0 aromatic rings. The monoisotopic (exact) mass is 802 g/mol. The van der Waals surface area contributed by atoms with Gasteiger partial charge in [0.05, 0.1) is 34.4 Å². The maximum Gasteiger partial charge on any atom is 0.306 e. The smallest absolute Gasteiger partial charge is 0.306 e. The van der Waals surface area contributed by atoms with Gasteiger partial charge in [-0.2, -0.15) is 0 Å². The van der Waals surface area contributed by atoms with Gasteiger partial charge in [0.15, 0.2) is 0 Å². The molecule has 0 rings (SSSR count). The molecule has 9 heteroatoms. The highest BCUT2D eigenvalue weighted by atomic mass is 31.2. The Morgan fingerprint density at radius 3 is 1.38 bits per heavy atom. The number of ether oxygens (including phenoxy) is 2. The van der Waals surface area contributed by atoms with Crippen LogP contribution < -0.4 is 4.89 Å². The lowest BCUT2D eigenvalue weighted by Crippen LogP contribution is -2.37. The van der Waals surface area contributed by atoms with Crippen molar-refractivity contribution in [3.05, 3.63) is 12.2 Å². The average molecular weight is 802 g/mol. The summed E-state index contributed by atoms with van der Waals surface area (Å²) in [5.74, 6) is -0.334. The predicted octanol–water partition coefficient (Wildman–Crippen LogP) is 13.2. The molecule has 0 fully saturated rings. The van der Waals surface area contributed by atoms with E-state index in [4.69, 9.17) is 18.5 Å². The van der Waals surface area contributed by atoms with Crippen molar-refractivity contribution in [1.29, 1.82) is 0 Å². The summed E-state index contributed by atoms with van der Waals surface area (Å²) in [7, 11) is 1.37. The number of likely N-dealkylation sites (N-methyl/N-ethyl adjacent to an activating group) is 1. The average Bonchev–Trinajstić information content (AvgIpc) is 3.13. The van der Waals surface area contributed by atoms with Crippen LogP contribution in [0, 0.1) is 0 Å². The molecule has 0 saturated carbocycles. The molecule has 0 aromatic carbocycles. The number of quaternary nitrogens is 1. The Balaban J connectivity index is 4.18. The second-order valence-electron chi connectivity index (χ2n) is 17.1. The van der Waals surface area contributed by atoms with E-state index in [0.717, 1.165) is 32.1 Å². The van der Waals surface area contributed by atoms with Crippen LogP contribution in [-0.4, -0.2) is 70.7 Å². The number of hydrogen-bond acceptors (Lipinski definition) is 7. The minimum atomic E-state index is -4.52. The fraction of sp³-hybridized carbons (Fsp3) is 0.935. The number of esters is 1. The van der Waals surface area contributed by atoms with Crippen molar-refractivity contribution in [2.75, 3.05) is 54.1 Å². The van der Waals surface area contributed by atoms with E-state index >= 15 is 0 Å². The maximum atomic E-state index is 12.7. The van der Waals surface area contributed by atoms with E-state index in [2.05, 4.69) is 26.0 Å². The van der Waals surface area contributed by atoms with E-state index in [9.17, 15) is 14.3 Å². The highest BCUT2D eigenvalue weighted by Gasteiger charge is 2.20. The summed E-state index contributed by atoms with van der Waals surface area (Å²) in [5.41, 5.74) is 0. The summed E-state index contributed by atoms with van der Waals surface area (Å²) in [6, 6.07) is 0. The zero-order chi connectivity index (χ0) is 40.6. The van der Waals surface area contributed by atoms with Gasteiger partial charge in [-0.3, -0.25) is 9.36 Å². The zero-order valence-corrected chi connectivity index (χ0v) is 38.0. The van der Waals surface area contributed by atoms with E-state index in [1.54, 1.807) is 0 Å². The molecule has 0 heterocycles. The van der Waals surface area contributed by atoms with E-state index in [-0.39, 0.29) is 25.8 Å². The van der Waals surface area contributed by atoms with Crippen molar-refractivity contribution in [2.24, 2.45) is 0 Å². The number of phosphoric acid groups is 1. The van der Waals surface area contributed by atoms with Gasteiger partial charge >= 0.3 is 5.97 Å². The predicted molar refractivity (Wildman–Crippen MR) is 231 cm³/mol. The highest BCUT2D eigenvalue weighted by Crippen LogP contribution is 2.38. The second kappa shape index (κ2) is 40.0. The molecule has 0 N–H and O–H groups in total. The van der Waals surface area contributed by atoms with Crippen molar-refractivity contribution < 1.29 is 37.3 Å². The van der Waals surface area contributed by atoms with Crippen molar-refractivity contribution in [3.8, 4) is 0 Å². The lowest BCUT2D eigenvalue weighted by atomic mass is 10.0. The first-order valence-corrected chi connectivity index (χ1v) is 24.9. The Kier molecular flexibility index (Phi) is 39.5. The van der Waals surface area contributed by atoms with E-state index < -0.39 is 13.9 Å². The fourth-order valence-corrected chi connectivity index (χ4v) is 7.39. The largest absolute Gasteiger partial charge is 0.756 e. The van der Waals surface area contributed by atoms with Crippen molar-refractivity contribution >= 4 is 13.8 Å². The van der Waals surface area contributed by atoms with E-state index in [1.165, 1.54) is 167 Å². The molecule has 0 spiro atoms. The normalized spacial score (nSPS) is 13.8. The molecule has 0 saturated heterocycles. The van der Waals surface area contributed by atoms with Gasteiger partial charge in [-0.15, -0.1) is 0 Å². The molecule has 8 nitrogen and oxygen atoms in total. The summed E-state index contributed by atoms with van der Waals surface area (Å²) in [6.07, 6.45) is 43.6. The van der Waals surface area contributed by atoms with Gasteiger partial charge < -0.3 is 27.9 Å². The van der Waals surface area contributed by atoms with Crippen LogP contribution in [0.2, 0.25) is 0 Å². The van der Waals surface area contributed by atoms with Crippen LogP contribution >= 0.6 is 7.82 Å². The van der Waals surface area contributed by atoms with E-state index in [1.807, 2.05) is 21.1 Å². The molecular formula is C46H92NO7P. The summed E-state index contributed by atoms with van der Waals surface area (Å²) in [4.78, 5) is 25.1. The first-order valence-electron chi connectivity index (χ1n) is 23.4. The molecule has 2 unspecified atom stereocenters. The van der Waals surface area contributed by atoms with E-state index in [0.29, 0.717) is 24.1 Å². The number of phosphoric ester groups is 1. The molecule has 2 atom stereocenters. The van der Waals surface area contributed by atoms with Gasteiger partial charge in [0.2, 0.25) is 0 Å². The van der Waals surface area contributed by atoms with Crippen LogP contribution in [0.5, 0.6) is 0 Å². The van der Waals surface area contributed by atoms with Crippen molar-refractivity contribution in [2.45, 2.75) is 225 Å². The number of carbonyl (C=O) groups is 1. The van der Waals surface area contributed by atoms with Crippen LogP contribution in [0.3, 0.4) is 0 Å². The van der Waals surface area contributed by atoms with Crippen LogP contribution in [0.1, 0.15) is 219 Å². The molecule has 0 aliphatic rings. The summed E-state index contributed by atoms with van der Waals surface area (Å²) >= 11 is 0. The van der Waals surface area contributed by atoms with Gasteiger partial charge in [0.1, 0.15) is 19.3 Å². The number of unbranched alkanes of at least 4 members (excludes halogenated alkanes) is 28. The third-order valence-corrected chi connectivity index (χ3v) is 11.3. The molecule has 0 aliphatic carbocycles. The van der Waals surface area contributed by atoms with Gasteiger partial charge in [-0.25, -0.2) is 0 Å². The number of carbonyl (C=O) groups excluding carboxylic acids is 1. The topological polar surface area (TPSA) is 94.1 Å². The fourth-order valence-electron chi connectivity index (χ4n) is 6.66. The summed E-state index contributed by atoms with van der Waals surface area (Å²) in [6.45, 7) is 5.45. The third-order valence-electron chi connectivity index (χ3n) is 10.3. The molecule has 0 bridgehead atoms. The van der Waals surface area contributed by atoms with Crippen molar-refractivity contribution in [3.63, 3.8) is 0 Å². The summed E-state index contributed by atoms with van der Waals surface area (Å²) < 4.78 is 34.7. The lowest BCUT2D eigenvalue weighted by molar-refractivity contribution is -0.870. The Morgan fingerprint density at radius 2 is 0.945 bits per heavy atom. The number of hydrogen-bond donors (Lipinski definition) is 0. The van der Waals surface area contributed by atoms with Gasteiger partial charge in [-0.05, 0) is 38.5 Å². The SMILES string of the molecule is CCCCCCCC/C=C\CCCCCCCCCC(=O)OC(COCCCCCCCCCCCCCCCCCC)COP(=O)([O-])OCC[N+](C)(C)C. The van der Waals surface area contributed by atoms with Gasteiger partial charge in [0.25, 0.3) is 7.82 Å². The molecular weight excluding hydrogens is 709 g/mol. The van der Waals surface area contributed by atoms with Crippen LogP contribution in [-0.2, 0) is 27.9 Å². The quantitative estimate of drug-likeness (QED) is 0.0199. The molecule has 55 heavy (non-hydrogen) atoms. The molecule has 0 radical (unpaired) electrons. The molecule has 328 valence electrons. The minimum Gasteiger partial charge on any atom is -0.756 e. The number of nitrogens with zero attached hydrogens (tertiary/aromatic N) is 1. The Morgan fingerprint density at radius 1 is 0.545 bits per heavy atom. The minimum absolute atomic E-state index is 0.0286. The first-order chi connectivity index (χ1) is 26.6. The summed E-state index contributed by atoms with van der Waals surface area (Å²) in [5, 5.41) is 0. The van der Waals surface area contributed by atoms with Crippen LogP contribution in [0.4, 0.5) is 0 Å². The van der Waals surface area contributed by atoms with Crippen LogP contribution in [0.15, 0.2) is 12.2 Å². The second-order valence-corrected chi connectivity index (χ2v) is 18.5. The van der Waals surface area contributed by atoms with Gasteiger partial charge in [0, 0.05) is 13.0 Å².